The number of nitrogens with one attached hydrogen (secondary N) is 4. The van der Waals surface area contributed by atoms with Gasteiger partial charge in [-0.1, -0.05) is 0 Å². The normalized spacial score (nSPS) is 30.9. The van der Waals surface area contributed by atoms with Gasteiger partial charge in [0.1, 0.15) is 38.1 Å². The summed E-state index contributed by atoms with van der Waals surface area (Å²) in [7, 11) is 0. The average molecular weight is 487 g/mol. The molecule has 4 fully saturated rings. The van der Waals surface area contributed by atoms with Crippen molar-refractivity contribution in [2.75, 3.05) is 65.8 Å². The topological polar surface area (TPSA) is 138 Å². The fourth-order valence-electron chi connectivity index (χ4n) is 4.61. The Hall–Kier alpha value is -1.38. The molecule has 4 heterocycles. The third kappa shape index (κ3) is 7.56. The van der Waals surface area contributed by atoms with Crippen molar-refractivity contribution < 1.29 is 38.0 Å². The molecule has 4 unspecified atom stereocenters. The van der Waals surface area contributed by atoms with Crippen LogP contribution in [0.2, 0.25) is 0 Å². The molecule has 0 amide bonds. The molecule has 0 aromatic heterocycles. The summed E-state index contributed by atoms with van der Waals surface area (Å²) in [6.45, 7) is 6.04. The number of hydrogen-bond donors (Lipinski definition) is 4. The molecule has 4 saturated heterocycles. The summed E-state index contributed by atoms with van der Waals surface area (Å²) in [5, 5.41) is 13.1. The number of unbranched alkanes of at least 4 members (excludes halogenated alkanes) is 1. The van der Waals surface area contributed by atoms with Crippen molar-refractivity contribution in [1.82, 2.24) is 21.3 Å². The van der Waals surface area contributed by atoms with E-state index in [1.54, 1.807) is 0 Å². The highest BCUT2D eigenvalue weighted by Gasteiger charge is 2.37. The van der Waals surface area contributed by atoms with Crippen LogP contribution in [0.15, 0.2) is 0 Å². The van der Waals surface area contributed by atoms with Crippen LogP contribution in [0.5, 0.6) is 0 Å². The van der Waals surface area contributed by atoms with E-state index < -0.39 is 0 Å². The van der Waals surface area contributed by atoms with Crippen LogP contribution in [-0.2, 0) is 38.0 Å². The lowest BCUT2D eigenvalue weighted by Gasteiger charge is -2.27. The van der Waals surface area contributed by atoms with Crippen molar-refractivity contribution in [3.63, 3.8) is 0 Å². The Bertz CT molecular complexity index is 546. The van der Waals surface area contributed by atoms with Gasteiger partial charge in [-0.05, 0) is 12.8 Å². The molecule has 0 aliphatic carbocycles. The molecule has 0 radical (unpaired) electrons. The Morgan fingerprint density at radius 1 is 0.618 bits per heavy atom. The maximum Gasteiger partial charge on any atom is 0.305 e. The second-order valence-corrected chi connectivity index (χ2v) is 8.88. The van der Waals surface area contributed by atoms with Crippen LogP contribution in [0, 0.1) is 11.8 Å². The summed E-state index contributed by atoms with van der Waals surface area (Å²) >= 11 is 0. The number of rotatable bonds is 13. The Morgan fingerprint density at radius 3 is 1.21 bits per heavy atom. The van der Waals surface area contributed by atoms with Gasteiger partial charge in [-0.15, -0.1) is 0 Å². The minimum atomic E-state index is -0.289. The van der Waals surface area contributed by atoms with Gasteiger partial charge >= 0.3 is 11.9 Å². The third-order valence-electron chi connectivity index (χ3n) is 6.42. The molecule has 0 spiro atoms. The van der Waals surface area contributed by atoms with Crippen LogP contribution < -0.4 is 21.3 Å². The molecule has 4 aliphatic rings. The maximum absolute atomic E-state index is 12.2. The molecule has 194 valence electrons. The Kier molecular flexibility index (Phi) is 10.3. The van der Waals surface area contributed by atoms with Gasteiger partial charge in [0.2, 0.25) is 0 Å². The molecule has 0 aromatic carbocycles. The molecule has 0 aromatic rings. The van der Waals surface area contributed by atoms with E-state index in [1.807, 2.05) is 0 Å². The Labute approximate surface area is 200 Å². The fourth-order valence-corrected chi connectivity index (χ4v) is 4.61. The van der Waals surface area contributed by atoms with Gasteiger partial charge < -0.3 is 28.4 Å². The molecular formula is C22H38N4O8. The summed E-state index contributed by atoms with van der Waals surface area (Å²) < 4.78 is 33.8. The zero-order valence-electron chi connectivity index (χ0n) is 19.6. The summed E-state index contributed by atoms with van der Waals surface area (Å²) in [5.41, 5.74) is 0. The first-order chi connectivity index (χ1) is 16.7. The highest BCUT2D eigenvalue weighted by molar-refractivity contribution is 5.70. The van der Waals surface area contributed by atoms with E-state index in [0.717, 1.165) is 26.2 Å². The first-order valence-electron chi connectivity index (χ1n) is 12.4. The summed E-state index contributed by atoms with van der Waals surface area (Å²) in [4.78, 5) is 24.5. The molecule has 0 bridgehead atoms. The summed E-state index contributed by atoms with van der Waals surface area (Å²) in [6.07, 6.45) is 0.819. The highest BCUT2D eigenvalue weighted by Crippen LogP contribution is 2.20. The number of carbonyl (C=O) groups is 2. The first-order valence-corrected chi connectivity index (χ1v) is 12.4. The van der Waals surface area contributed by atoms with Crippen LogP contribution in [0.25, 0.3) is 0 Å². The molecule has 4 atom stereocenters. The smallest absolute Gasteiger partial charge is 0.305 e. The van der Waals surface area contributed by atoms with Crippen LogP contribution in [-0.4, -0.2) is 103 Å². The highest BCUT2D eigenvalue weighted by atomic mass is 16.6. The predicted octanol–water partition coefficient (Wildman–Crippen LogP) is -1.35. The maximum atomic E-state index is 12.2. The van der Waals surface area contributed by atoms with Gasteiger partial charge in [0.15, 0.2) is 0 Å². The van der Waals surface area contributed by atoms with E-state index in [2.05, 4.69) is 21.3 Å². The molecule has 34 heavy (non-hydrogen) atoms. The molecule has 4 N–H and O–H groups in total. The van der Waals surface area contributed by atoms with E-state index in [9.17, 15) is 9.59 Å². The third-order valence-corrected chi connectivity index (χ3v) is 6.42. The lowest BCUT2D eigenvalue weighted by Crippen LogP contribution is -2.46. The van der Waals surface area contributed by atoms with E-state index in [-0.39, 0.29) is 74.7 Å². The molecule has 0 saturated carbocycles. The van der Waals surface area contributed by atoms with Crippen molar-refractivity contribution in [2.24, 2.45) is 11.8 Å². The van der Waals surface area contributed by atoms with Crippen molar-refractivity contribution >= 4 is 11.9 Å². The van der Waals surface area contributed by atoms with Crippen LogP contribution in [0.1, 0.15) is 25.7 Å². The molecular weight excluding hydrogens is 448 g/mol. The lowest BCUT2D eigenvalue weighted by atomic mass is 10.1. The summed E-state index contributed by atoms with van der Waals surface area (Å²) in [5.74, 6) is -0.811. The van der Waals surface area contributed by atoms with Gasteiger partial charge in [-0.25, -0.2) is 0 Å². The van der Waals surface area contributed by atoms with Crippen LogP contribution in [0.4, 0.5) is 0 Å². The molecule has 12 nitrogen and oxygen atoms in total. The minimum absolute atomic E-state index is 0.117. The fraction of sp³-hybridized carbons (Fsp3) is 0.909. The molecule has 4 rings (SSSR count). The van der Waals surface area contributed by atoms with Crippen LogP contribution in [0.3, 0.4) is 0 Å². The van der Waals surface area contributed by atoms with Gasteiger partial charge in [0.05, 0.1) is 38.3 Å². The van der Waals surface area contributed by atoms with Crippen molar-refractivity contribution in [2.45, 2.75) is 50.6 Å². The number of ether oxygens (including phenoxy) is 6. The Morgan fingerprint density at radius 2 is 0.941 bits per heavy atom. The number of hydrogen-bond acceptors (Lipinski definition) is 12. The largest absolute Gasteiger partial charge is 0.465 e. The molecule has 4 aliphatic heterocycles. The van der Waals surface area contributed by atoms with Gasteiger partial charge in [0, 0.05) is 39.0 Å². The van der Waals surface area contributed by atoms with E-state index >= 15 is 0 Å². The second kappa shape index (κ2) is 13.6. The van der Waals surface area contributed by atoms with Gasteiger partial charge in [-0.3, -0.25) is 30.9 Å². The zero-order chi connectivity index (χ0) is 23.6. The number of esters is 2. The van der Waals surface area contributed by atoms with Gasteiger partial charge in [0.25, 0.3) is 0 Å². The first kappa shape index (κ1) is 25.7. The quantitative estimate of drug-likeness (QED) is 0.181. The van der Waals surface area contributed by atoms with E-state index in [4.69, 9.17) is 28.4 Å². The van der Waals surface area contributed by atoms with E-state index in [0.29, 0.717) is 39.3 Å². The summed E-state index contributed by atoms with van der Waals surface area (Å²) in [6, 6.07) is 0. The van der Waals surface area contributed by atoms with Crippen molar-refractivity contribution in [3.8, 4) is 0 Å². The number of carbonyl (C=O) groups excluding carboxylic acids is 2. The predicted molar refractivity (Wildman–Crippen MR) is 118 cm³/mol. The SMILES string of the molecule is O=C(CCCCC(=O)OCC(C1NCCO1)C1NCCO1)OCC(C1NCCO1)C1NCCO1. The van der Waals surface area contributed by atoms with Crippen molar-refractivity contribution in [1.29, 1.82) is 0 Å². The van der Waals surface area contributed by atoms with Gasteiger partial charge in [-0.2, -0.15) is 0 Å². The van der Waals surface area contributed by atoms with Crippen molar-refractivity contribution in [3.05, 3.63) is 0 Å². The monoisotopic (exact) mass is 486 g/mol. The Balaban J connectivity index is 1.10. The average Bonchev–Trinajstić information content (AvgIpc) is 3.65. The zero-order valence-corrected chi connectivity index (χ0v) is 19.6. The lowest BCUT2D eigenvalue weighted by molar-refractivity contribution is -0.152. The second-order valence-electron chi connectivity index (χ2n) is 8.88. The standard InChI is InChI=1S/C22H38N4O8/c27-17(33-13-15(19-23-5-9-29-19)20-24-6-10-30-20)3-1-2-4-18(28)34-14-16(21-25-7-11-31-21)22-26-8-12-32-22/h15-16,19-26H,1-14H2. The van der Waals surface area contributed by atoms with Crippen LogP contribution >= 0.6 is 0 Å². The molecule has 12 heteroatoms. The van der Waals surface area contributed by atoms with E-state index in [1.165, 1.54) is 0 Å². The minimum Gasteiger partial charge on any atom is -0.465 e.